The van der Waals surface area contributed by atoms with E-state index in [1.807, 2.05) is 30.5 Å². The quantitative estimate of drug-likeness (QED) is 0.515. The number of hydrogen-bond acceptors (Lipinski definition) is 6. The number of aromatic nitrogens is 3. The summed E-state index contributed by atoms with van der Waals surface area (Å²) in [6.07, 6.45) is 3.64. The zero-order valence-corrected chi connectivity index (χ0v) is 17.0. The molecule has 0 radical (unpaired) electrons. The molecule has 1 aliphatic rings. The minimum atomic E-state index is 0.548. The molecule has 1 saturated heterocycles. The molecule has 3 heterocycles. The highest BCUT2D eigenvalue weighted by atomic mass is 15.3. The molecule has 7 heteroatoms. The fourth-order valence-corrected chi connectivity index (χ4v) is 4.02. The monoisotopic (exact) mass is 399 g/mol. The summed E-state index contributed by atoms with van der Waals surface area (Å²) in [6.45, 7) is 4.21. The van der Waals surface area contributed by atoms with Crippen molar-refractivity contribution in [2.24, 2.45) is 0 Å². The Morgan fingerprint density at radius 2 is 1.57 bits per heavy atom. The molecular formula is C23H25N7. The molecule has 0 aliphatic carbocycles. The van der Waals surface area contributed by atoms with Crippen LogP contribution < -0.4 is 16.4 Å². The Hall–Kier alpha value is -3.58. The molecule has 152 valence electrons. The molecule has 1 fully saturated rings. The lowest BCUT2D eigenvalue weighted by atomic mass is 10.1. The van der Waals surface area contributed by atoms with Gasteiger partial charge in [-0.3, -0.25) is 0 Å². The van der Waals surface area contributed by atoms with Crippen LogP contribution in [0.5, 0.6) is 0 Å². The average Bonchev–Trinajstić information content (AvgIpc) is 3.20. The van der Waals surface area contributed by atoms with E-state index in [1.54, 1.807) is 10.7 Å². The van der Waals surface area contributed by atoms with E-state index in [4.69, 9.17) is 16.5 Å². The number of fused-ring (bicyclic) bond motifs is 1. The molecule has 4 aromatic rings. The van der Waals surface area contributed by atoms with E-state index in [1.165, 1.54) is 5.69 Å². The number of nitrogens with zero attached hydrogens (tertiary/aromatic N) is 5. The predicted molar refractivity (Wildman–Crippen MR) is 122 cm³/mol. The highest BCUT2D eigenvalue weighted by Crippen LogP contribution is 2.32. The summed E-state index contributed by atoms with van der Waals surface area (Å²) in [6, 6.07) is 16.2. The summed E-state index contributed by atoms with van der Waals surface area (Å²) in [5.74, 6) is 0.548. The van der Waals surface area contributed by atoms with E-state index < -0.39 is 0 Å². The van der Waals surface area contributed by atoms with Crippen LogP contribution in [-0.2, 0) is 0 Å². The molecular weight excluding hydrogens is 374 g/mol. The Labute approximate surface area is 175 Å². The summed E-state index contributed by atoms with van der Waals surface area (Å²) in [5.41, 5.74) is 18.9. The van der Waals surface area contributed by atoms with E-state index in [-0.39, 0.29) is 0 Å². The van der Waals surface area contributed by atoms with Crippen molar-refractivity contribution < 1.29 is 0 Å². The van der Waals surface area contributed by atoms with Crippen LogP contribution in [0.1, 0.15) is 0 Å². The van der Waals surface area contributed by atoms with Gasteiger partial charge in [0.2, 0.25) is 0 Å². The Bertz CT molecular complexity index is 1210. The van der Waals surface area contributed by atoms with E-state index in [0.717, 1.165) is 54.1 Å². The number of piperazine rings is 1. The number of nitrogen functional groups attached to an aromatic ring is 2. The van der Waals surface area contributed by atoms with E-state index in [2.05, 4.69) is 46.2 Å². The van der Waals surface area contributed by atoms with Gasteiger partial charge in [0.05, 0.1) is 6.20 Å². The molecule has 0 saturated carbocycles. The largest absolute Gasteiger partial charge is 0.399 e. The van der Waals surface area contributed by atoms with Crippen LogP contribution in [0, 0.1) is 0 Å². The van der Waals surface area contributed by atoms with Crippen molar-refractivity contribution in [1.82, 2.24) is 19.5 Å². The number of anilines is 3. The van der Waals surface area contributed by atoms with Crippen LogP contribution in [0.15, 0.2) is 60.9 Å². The van der Waals surface area contributed by atoms with Crippen LogP contribution in [0.4, 0.5) is 17.2 Å². The van der Waals surface area contributed by atoms with Crippen LogP contribution in [0.25, 0.3) is 27.9 Å². The normalized spacial score (nSPS) is 15.0. The lowest BCUT2D eigenvalue weighted by Gasteiger charge is -2.34. The first kappa shape index (κ1) is 18.4. The predicted octanol–water partition coefficient (Wildman–Crippen LogP) is 2.98. The number of hydrogen-bond donors (Lipinski definition) is 2. The van der Waals surface area contributed by atoms with Crippen LogP contribution in [-0.4, -0.2) is 52.7 Å². The first-order valence-electron chi connectivity index (χ1n) is 10.1. The number of nitrogens with two attached hydrogens (primary N) is 2. The topological polar surface area (TPSA) is 88.7 Å². The van der Waals surface area contributed by atoms with Crippen molar-refractivity contribution in [3.63, 3.8) is 0 Å². The first-order valence-corrected chi connectivity index (χ1v) is 10.1. The Morgan fingerprint density at radius 3 is 2.33 bits per heavy atom. The molecule has 0 bridgehead atoms. The molecule has 0 atom stereocenters. The van der Waals surface area contributed by atoms with Gasteiger partial charge in [0, 0.05) is 54.9 Å². The second-order valence-corrected chi connectivity index (χ2v) is 7.82. The van der Waals surface area contributed by atoms with Gasteiger partial charge in [-0.15, -0.1) is 0 Å². The highest BCUT2D eigenvalue weighted by Gasteiger charge is 2.17. The molecule has 30 heavy (non-hydrogen) atoms. The van der Waals surface area contributed by atoms with E-state index in [0.29, 0.717) is 11.5 Å². The molecule has 0 spiro atoms. The Kier molecular flexibility index (Phi) is 4.52. The maximum atomic E-state index is 6.46. The zero-order valence-electron chi connectivity index (χ0n) is 17.0. The third kappa shape index (κ3) is 3.23. The first-order chi connectivity index (χ1) is 14.6. The standard InChI is InChI=1S/C23H25N7/c1-28-8-10-29(11-9-28)19-7-3-5-17(13-19)21-15-27-30-22(25)20(14-26-23(21)30)16-4-2-6-18(24)12-16/h2-7,12-15H,8-11,24-25H2,1H3. The summed E-state index contributed by atoms with van der Waals surface area (Å²) < 4.78 is 1.70. The van der Waals surface area contributed by atoms with Gasteiger partial charge in [-0.2, -0.15) is 9.61 Å². The molecule has 0 unspecified atom stereocenters. The maximum Gasteiger partial charge on any atom is 0.165 e. The van der Waals surface area contributed by atoms with Crippen molar-refractivity contribution in [3.8, 4) is 22.3 Å². The lowest BCUT2D eigenvalue weighted by molar-refractivity contribution is 0.313. The fourth-order valence-electron chi connectivity index (χ4n) is 4.02. The molecule has 0 amide bonds. The van der Waals surface area contributed by atoms with Crippen molar-refractivity contribution in [2.75, 3.05) is 49.6 Å². The average molecular weight is 400 g/mol. The maximum absolute atomic E-state index is 6.46. The van der Waals surface area contributed by atoms with Crippen molar-refractivity contribution in [2.45, 2.75) is 0 Å². The summed E-state index contributed by atoms with van der Waals surface area (Å²) in [4.78, 5) is 9.48. The van der Waals surface area contributed by atoms with Gasteiger partial charge in [-0.1, -0.05) is 24.3 Å². The highest BCUT2D eigenvalue weighted by molar-refractivity contribution is 5.83. The van der Waals surface area contributed by atoms with E-state index in [9.17, 15) is 0 Å². The van der Waals surface area contributed by atoms with Gasteiger partial charge in [0.25, 0.3) is 0 Å². The van der Waals surface area contributed by atoms with Crippen molar-refractivity contribution in [3.05, 3.63) is 60.9 Å². The van der Waals surface area contributed by atoms with Crippen molar-refractivity contribution >= 4 is 22.8 Å². The SMILES string of the molecule is CN1CCN(c2cccc(-c3cnn4c(N)c(-c5cccc(N)c5)cnc34)c2)CC1. The smallest absolute Gasteiger partial charge is 0.165 e. The third-order valence-electron chi connectivity index (χ3n) is 5.79. The molecule has 2 aromatic carbocycles. The summed E-state index contributed by atoms with van der Waals surface area (Å²) >= 11 is 0. The Balaban J connectivity index is 1.53. The van der Waals surface area contributed by atoms with Gasteiger partial charge >= 0.3 is 0 Å². The van der Waals surface area contributed by atoms with E-state index >= 15 is 0 Å². The van der Waals surface area contributed by atoms with Crippen LogP contribution >= 0.6 is 0 Å². The van der Waals surface area contributed by atoms with Crippen LogP contribution in [0.2, 0.25) is 0 Å². The molecule has 2 aromatic heterocycles. The van der Waals surface area contributed by atoms with Crippen LogP contribution in [0.3, 0.4) is 0 Å². The Morgan fingerprint density at radius 1 is 0.833 bits per heavy atom. The number of benzene rings is 2. The van der Waals surface area contributed by atoms with Gasteiger partial charge < -0.3 is 21.3 Å². The molecule has 4 N–H and O–H groups in total. The second kappa shape index (κ2) is 7.35. The summed E-state index contributed by atoms with van der Waals surface area (Å²) in [5, 5.41) is 4.53. The van der Waals surface area contributed by atoms with Gasteiger partial charge in [0.15, 0.2) is 5.65 Å². The number of rotatable bonds is 3. The molecule has 5 rings (SSSR count). The minimum Gasteiger partial charge on any atom is -0.399 e. The summed E-state index contributed by atoms with van der Waals surface area (Å²) in [7, 11) is 2.17. The van der Waals surface area contributed by atoms with Gasteiger partial charge in [0.1, 0.15) is 5.82 Å². The second-order valence-electron chi connectivity index (χ2n) is 7.82. The van der Waals surface area contributed by atoms with Gasteiger partial charge in [-0.05, 0) is 42.4 Å². The van der Waals surface area contributed by atoms with Crippen molar-refractivity contribution in [1.29, 1.82) is 0 Å². The lowest BCUT2D eigenvalue weighted by Crippen LogP contribution is -2.44. The zero-order chi connectivity index (χ0) is 20.7. The fraction of sp³-hybridized carbons (Fsp3) is 0.217. The minimum absolute atomic E-state index is 0.548. The van der Waals surface area contributed by atoms with Gasteiger partial charge in [-0.25, -0.2) is 4.98 Å². The third-order valence-corrected chi connectivity index (χ3v) is 5.79. The molecule has 1 aliphatic heterocycles. The molecule has 7 nitrogen and oxygen atoms in total. The number of likely N-dealkylation sites (N-methyl/N-ethyl adjacent to an activating group) is 1.